The number of hydrogen-bond donors (Lipinski definition) is 2. The van der Waals surface area contributed by atoms with Gasteiger partial charge in [-0.3, -0.25) is 14.5 Å². The van der Waals surface area contributed by atoms with Gasteiger partial charge in [0.15, 0.2) is 0 Å². The van der Waals surface area contributed by atoms with Gasteiger partial charge in [0.1, 0.15) is 5.82 Å². The highest BCUT2D eigenvalue weighted by Crippen LogP contribution is 2.23. The SMILES string of the molecule is CC(C)NC(=O)c1ccccc1NC(=O)C1CCCN(Cc2nc(-c3ccc(F)cc3)no2)C1. The second-order valence-corrected chi connectivity index (χ2v) is 8.76. The van der Waals surface area contributed by atoms with E-state index in [-0.39, 0.29) is 29.6 Å². The van der Waals surface area contributed by atoms with E-state index in [1.807, 2.05) is 13.8 Å². The van der Waals surface area contributed by atoms with Crippen LogP contribution in [0.3, 0.4) is 0 Å². The Morgan fingerprint density at radius 1 is 1.18 bits per heavy atom. The molecule has 1 fully saturated rings. The highest BCUT2D eigenvalue weighted by molar-refractivity contribution is 6.04. The van der Waals surface area contributed by atoms with Crippen LogP contribution in [0.5, 0.6) is 0 Å². The highest BCUT2D eigenvalue weighted by atomic mass is 19.1. The molecule has 1 saturated heterocycles. The number of anilines is 1. The van der Waals surface area contributed by atoms with Crippen molar-refractivity contribution in [3.63, 3.8) is 0 Å². The lowest BCUT2D eigenvalue weighted by molar-refractivity contribution is -0.121. The van der Waals surface area contributed by atoms with Crippen molar-refractivity contribution in [1.82, 2.24) is 20.4 Å². The molecule has 1 aliphatic heterocycles. The van der Waals surface area contributed by atoms with Crippen molar-refractivity contribution in [3.05, 3.63) is 65.8 Å². The fourth-order valence-electron chi connectivity index (χ4n) is 4.00. The van der Waals surface area contributed by atoms with Crippen LogP contribution in [0.15, 0.2) is 53.1 Å². The van der Waals surface area contributed by atoms with Crippen LogP contribution in [-0.2, 0) is 11.3 Å². The smallest absolute Gasteiger partial charge is 0.253 e. The zero-order valence-electron chi connectivity index (χ0n) is 19.3. The number of likely N-dealkylation sites (tertiary alicyclic amines) is 1. The molecule has 1 unspecified atom stereocenters. The van der Waals surface area contributed by atoms with E-state index >= 15 is 0 Å². The monoisotopic (exact) mass is 465 g/mol. The van der Waals surface area contributed by atoms with E-state index in [1.54, 1.807) is 36.4 Å². The summed E-state index contributed by atoms with van der Waals surface area (Å²) in [5.41, 5.74) is 1.62. The maximum absolute atomic E-state index is 13.1. The van der Waals surface area contributed by atoms with Crippen molar-refractivity contribution in [3.8, 4) is 11.4 Å². The molecule has 178 valence electrons. The van der Waals surface area contributed by atoms with Gasteiger partial charge in [0, 0.05) is 18.2 Å². The van der Waals surface area contributed by atoms with Gasteiger partial charge in [0.25, 0.3) is 5.91 Å². The second-order valence-electron chi connectivity index (χ2n) is 8.76. The third-order valence-corrected chi connectivity index (χ3v) is 5.66. The van der Waals surface area contributed by atoms with E-state index in [0.29, 0.717) is 41.6 Å². The Bertz CT molecular complexity index is 1150. The van der Waals surface area contributed by atoms with Crippen LogP contribution in [0, 0.1) is 11.7 Å². The van der Waals surface area contributed by atoms with E-state index in [4.69, 9.17) is 4.52 Å². The number of carbonyl (C=O) groups is 2. The molecule has 9 heteroatoms. The predicted octanol–water partition coefficient (Wildman–Crippen LogP) is 3.86. The van der Waals surface area contributed by atoms with E-state index in [9.17, 15) is 14.0 Å². The standard InChI is InChI=1S/C25H28FN5O3/c1-16(2)27-25(33)20-7-3-4-8-21(20)28-24(32)18-6-5-13-31(14-18)15-22-29-23(30-34-22)17-9-11-19(26)12-10-17/h3-4,7-12,16,18H,5-6,13-15H2,1-2H3,(H,27,33)(H,28,32). The summed E-state index contributed by atoms with van der Waals surface area (Å²) >= 11 is 0. The minimum atomic E-state index is -0.326. The van der Waals surface area contributed by atoms with Crippen molar-refractivity contribution in [2.24, 2.45) is 5.92 Å². The summed E-state index contributed by atoms with van der Waals surface area (Å²) in [7, 11) is 0. The Labute approximate surface area is 197 Å². The molecule has 2 heterocycles. The number of piperidine rings is 1. The summed E-state index contributed by atoms with van der Waals surface area (Å²) in [4.78, 5) is 32.0. The molecule has 0 radical (unpaired) electrons. The first-order valence-electron chi connectivity index (χ1n) is 11.4. The minimum Gasteiger partial charge on any atom is -0.350 e. The molecule has 1 aromatic heterocycles. The first-order chi connectivity index (χ1) is 16.4. The van der Waals surface area contributed by atoms with Crippen LogP contribution in [0.2, 0.25) is 0 Å². The molecule has 0 spiro atoms. The van der Waals surface area contributed by atoms with Gasteiger partial charge in [0.05, 0.1) is 23.7 Å². The Hall–Kier alpha value is -3.59. The van der Waals surface area contributed by atoms with Crippen LogP contribution in [-0.4, -0.2) is 46.0 Å². The molecule has 8 nitrogen and oxygen atoms in total. The number of aromatic nitrogens is 2. The number of benzene rings is 2. The Balaban J connectivity index is 1.38. The van der Waals surface area contributed by atoms with Crippen molar-refractivity contribution >= 4 is 17.5 Å². The quantitative estimate of drug-likeness (QED) is 0.550. The Morgan fingerprint density at radius 3 is 2.71 bits per heavy atom. The lowest BCUT2D eigenvalue weighted by atomic mass is 9.96. The van der Waals surface area contributed by atoms with Gasteiger partial charge in [-0.1, -0.05) is 17.3 Å². The van der Waals surface area contributed by atoms with E-state index in [2.05, 4.69) is 25.7 Å². The number of amides is 2. The molecule has 34 heavy (non-hydrogen) atoms. The van der Waals surface area contributed by atoms with Gasteiger partial charge in [-0.15, -0.1) is 0 Å². The molecule has 2 N–H and O–H groups in total. The maximum atomic E-state index is 13.1. The molecular weight excluding hydrogens is 437 g/mol. The zero-order chi connectivity index (χ0) is 24.1. The van der Waals surface area contributed by atoms with Gasteiger partial charge in [0.2, 0.25) is 17.6 Å². The Morgan fingerprint density at radius 2 is 1.94 bits per heavy atom. The molecule has 1 aliphatic rings. The number of hydrogen-bond acceptors (Lipinski definition) is 6. The molecule has 0 bridgehead atoms. The van der Waals surface area contributed by atoms with Gasteiger partial charge in [-0.25, -0.2) is 4.39 Å². The highest BCUT2D eigenvalue weighted by Gasteiger charge is 2.28. The molecular formula is C25H28FN5O3. The zero-order valence-corrected chi connectivity index (χ0v) is 19.3. The van der Waals surface area contributed by atoms with Crippen LogP contribution in [0.1, 0.15) is 42.9 Å². The molecule has 2 aromatic carbocycles. The van der Waals surface area contributed by atoms with Gasteiger partial charge < -0.3 is 15.2 Å². The average molecular weight is 466 g/mol. The first kappa shape index (κ1) is 23.6. The Kier molecular flexibility index (Phi) is 7.32. The van der Waals surface area contributed by atoms with Crippen molar-refractivity contribution in [2.45, 2.75) is 39.3 Å². The number of para-hydroxylation sites is 1. The summed E-state index contributed by atoms with van der Waals surface area (Å²) in [6.07, 6.45) is 1.61. The van der Waals surface area contributed by atoms with Gasteiger partial charge in [-0.2, -0.15) is 4.98 Å². The van der Waals surface area contributed by atoms with Crippen LogP contribution in [0.25, 0.3) is 11.4 Å². The van der Waals surface area contributed by atoms with Crippen molar-refractivity contribution < 1.29 is 18.5 Å². The van der Waals surface area contributed by atoms with Crippen LogP contribution >= 0.6 is 0 Å². The summed E-state index contributed by atoms with van der Waals surface area (Å²) in [5.74, 6) is -0.0482. The third kappa shape index (κ3) is 5.85. The van der Waals surface area contributed by atoms with E-state index in [1.165, 1.54) is 12.1 Å². The molecule has 3 aromatic rings. The number of nitrogens with one attached hydrogen (secondary N) is 2. The van der Waals surface area contributed by atoms with Crippen LogP contribution in [0.4, 0.5) is 10.1 Å². The summed E-state index contributed by atoms with van der Waals surface area (Å²) in [6, 6.07) is 12.9. The van der Waals surface area contributed by atoms with Crippen molar-refractivity contribution in [2.75, 3.05) is 18.4 Å². The largest absolute Gasteiger partial charge is 0.350 e. The molecule has 2 amide bonds. The average Bonchev–Trinajstić information content (AvgIpc) is 3.28. The molecule has 1 atom stereocenters. The molecule has 4 rings (SSSR count). The normalized spacial score (nSPS) is 16.4. The van der Waals surface area contributed by atoms with E-state index < -0.39 is 0 Å². The lowest BCUT2D eigenvalue weighted by Gasteiger charge is -2.31. The number of nitrogens with zero attached hydrogens (tertiary/aromatic N) is 3. The fraction of sp³-hybridized carbons (Fsp3) is 0.360. The first-order valence-corrected chi connectivity index (χ1v) is 11.4. The van der Waals surface area contributed by atoms with E-state index in [0.717, 1.165) is 19.4 Å². The van der Waals surface area contributed by atoms with Crippen LogP contribution < -0.4 is 10.6 Å². The summed E-state index contributed by atoms with van der Waals surface area (Å²) in [6.45, 7) is 5.56. The van der Waals surface area contributed by atoms with Gasteiger partial charge in [-0.05, 0) is 69.6 Å². The minimum absolute atomic E-state index is 0.00330. The lowest BCUT2D eigenvalue weighted by Crippen LogP contribution is -2.40. The topological polar surface area (TPSA) is 100 Å². The predicted molar refractivity (Wildman–Crippen MR) is 125 cm³/mol. The number of carbonyl (C=O) groups excluding carboxylic acids is 2. The summed E-state index contributed by atoms with van der Waals surface area (Å²) in [5, 5.41) is 9.79. The molecule has 0 saturated carbocycles. The maximum Gasteiger partial charge on any atom is 0.253 e. The number of halogens is 1. The third-order valence-electron chi connectivity index (χ3n) is 5.66. The van der Waals surface area contributed by atoms with Gasteiger partial charge >= 0.3 is 0 Å². The second kappa shape index (κ2) is 10.6. The number of rotatable bonds is 7. The molecule has 0 aliphatic carbocycles. The summed E-state index contributed by atoms with van der Waals surface area (Å²) < 4.78 is 18.5. The fourth-order valence-corrected chi connectivity index (χ4v) is 4.00. The van der Waals surface area contributed by atoms with Crippen molar-refractivity contribution in [1.29, 1.82) is 0 Å².